The average molecular weight is 349 g/mol. The molecular formula is C16H19N3O4S. The Labute approximate surface area is 140 Å². The van der Waals surface area contributed by atoms with E-state index in [0.29, 0.717) is 38.7 Å². The lowest BCUT2D eigenvalue weighted by Crippen LogP contribution is -2.67. The van der Waals surface area contributed by atoms with Crippen LogP contribution in [0.1, 0.15) is 12.2 Å². The minimum atomic E-state index is -3.11. The second-order valence-corrected chi connectivity index (χ2v) is 8.89. The van der Waals surface area contributed by atoms with E-state index in [1.54, 1.807) is 24.7 Å². The smallest absolute Gasteiger partial charge is 0.316 e. The molecule has 1 atom stereocenters. The number of furan rings is 1. The third-order valence-electron chi connectivity index (χ3n) is 5.00. The van der Waals surface area contributed by atoms with Crippen molar-refractivity contribution < 1.29 is 17.6 Å². The van der Waals surface area contributed by atoms with Crippen molar-refractivity contribution >= 4 is 9.84 Å². The van der Waals surface area contributed by atoms with Gasteiger partial charge < -0.3 is 9.15 Å². The molecule has 2 aromatic rings. The summed E-state index contributed by atoms with van der Waals surface area (Å²) in [5, 5.41) is 0. The van der Waals surface area contributed by atoms with Crippen molar-refractivity contribution in [2.45, 2.75) is 17.7 Å². The molecule has 1 spiro atoms. The highest BCUT2D eigenvalue weighted by Gasteiger charge is 2.61. The maximum Gasteiger partial charge on any atom is 0.316 e. The lowest BCUT2D eigenvalue weighted by atomic mass is 9.83. The summed E-state index contributed by atoms with van der Waals surface area (Å²) >= 11 is 0. The summed E-state index contributed by atoms with van der Waals surface area (Å²) in [5.74, 6) is 1.05. The molecule has 0 saturated carbocycles. The van der Waals surface area contributed by atoms with Crippen LogP contribution < -0.4 is 4.74 Å². The minimum Gasteiger partial charge on any atom is -0.468 e. The average Bonchev–Trinajstić information content (AvgIpc) is 3.13. The van der Waals surface area contributed by atoms with Crippen molar-refractivity contribution in [1.29, 1.82) is 0 Å². The fourth-order valence-electron chi connectivity index (χ4n) is 3.69. The van der Waals surface area contributed by atoms with Gasteiger partial charge in [-0.1, -0.05) is 0 Å². The van der Waals surface area contributed by atoms with Crippen LogP contribution in [0.2, 0.25) is 0 Å². The van der Waals surface area contributed by atoms with Gasteiger partial charge in [0.15, 0.2) is 9.84 Å². The zero-order valence-electron chi connectivity index (χ0n) is 13.2. The maximum atomic E-state index is 12.6. The van der Waals surface area contributed by atoms with Crippen molar-refractivity contribution in [3.8, 4) is 6.01 Å². The third kappa shape index (κ3) is 2.59. The summed E-state index contributed by atoms with van der Waals surface area (Å²) in [4.78, 5) is 10.2. The van der Waals surface area contributed by atoms with E-state index in [9.17, 15) is 8.42 Å². The molecule has 0 unspecified atom stereocenters. The van der Waals surface area contributed by atoms with Gasteiger partial charge in [-0.2, -0.15) is 0 Å². The topological polar surface area (TPSA) is 85.5 Å². The normalized spacial score (nSPS) is 24.8. The highest BCUT2D eigenvalue weighted by atomic mass is 32.2. The first-order valence-corrected chi connectivity index (χ1v) is 9.61. The van der Waals surface area contributed by atoms with Gasteiger partial charge in [-0.05, 0) is 24.6 Å². The first kappa shape index (κ1) is 15.6. The molecule has 128 valence electrons. The van der Waals surface area contributed by atoms with Crippen LogP contribution in [-0.4, -0.2) is 53.5 Å². The molecule has 2 fully saturated rings. The fourth-order valence-corrected chi connectivity index (χ4v) is 6.14. The Morgan fingerprint density at radius 2 is 2.08 bits per heavy atom. The molecule has 2 aromatic heterocycles. The van der Waals surface area contributed by atoms with Crippen molar-refractivity contribution in [2.75, 3.05) is 25.4 Å². The van der Waals surface area contributed by atoms with Gasteiger partial charge in [0, 0.05) is 31.4 Å². The predicted molar refractivity (Wildman–Crippen MR) is 86.1 cm³/mol. The molecule has 0 amide bonds. The van der Waals surface area contributed by atoms with E-state index in [1.165, 1.54) is 0 Å². The Kier molecular flexibility index (Phi) is 3.80. The molecule has 0 N–H and O–H groups in total. The number of sulfone groups is 1. The van der Waals surface area contributed by atoms with E-state index in [0.717, 1.165) is 5.76 Å². The monoisotopic (exact) mass is 349 g/mol. The number of rotatable bonds is 5. The Balaban J connectivity index is 1.43. The van der Waals surface area contributed by atoms with Crippen molar-refractivity contribution in [3.63, 3.8) is 0 Å². The number of likely N-dealkylation sites (tertiary alicyclic amines) is 1. The maximum absolute atomic E-state index is 12.6. The first-order valence-electron chi connectivity index (χ1n) is 7.96. The molecule has 0 radical (unpaired) electrons. The fraction of sp³-hybridized carbons (Fsp3) is 0.500. The summed E-state index contributed by atoms with van der Waals surface area (Å²) in [6.07, 6.45) is 5.48. The Morgan fingerprint density at radius 3 is 2.79 bits per heavy atom. The molecule has 4 heterocycles. The molecule has 0 aromatic carbocycles. The molecule has 24 heavy (non-hydrogen) atoms. The third-order valence-corrected chi connectivity index (χ3v) is 7.60. The van der Waals surface area contributed by atoms with E-state index in [-0.39, 0.29) is 11.7 Å². The molecule has 7 nitrogen and oxygen atoms in total. The van der Waals surface area contributed by atoms with Gasteiger partial charge in [0.2, 0.25) is 0 Å². The van der Waals surface area contributed by atoms with Crippen LogP contribution in [0.25, 0.3) is 0 Å². The Bertz CT molecular complexity index is 786. The van der Waals surface area contributed by atoms with E-state index in [4.69, 9.17) is 9.15 Å². The molecule has 2 aliphatic rings. The number of aromatic nitrogens is 2. The SMILES string of the molecule is O=S1(=O)CC[C@@H](COc2ncccn2)C12CN(Cc1ccco1)C2. The van der Waals surface area contributed by atoms with Crippen LogP contribution in [0.3, 0.4) is 0 Å². The van der Waals surface area contributed by atoms with Gasteiger partial charge >= 0.3 is 6.01 Å². The summed E-state index contributed by atoms with van der Waals surface area (Å²) < 4.78 is 35.5. The first-order chi connectivity index (χ1) is 11.6. The highest BCUT2D eigenvalue weighted by molar-refractivity contribution is 7.93. The predicted octanol–water partition coefficient (Wildman–Crippen LogP) is 1.14. The molecule has 0 bridgehead atoms. The van der Waals surface area contributed by atoms with E-state index in [2.05, 4.69) is 14.9 Å². The van der Waals surface area contributed by atoms with Crippen molar-refractivity contribution in [2.24, 2.45) is 5.92 Å². The highest BCUT2D eigenvalue weighted by Crippen LogP contribution is 2.45. The van der Waals surface area contributed by atoms with Gasteiger partial charge in [0.05, 0.1) is 25.2 Å². The lowest BCUT2D eigenvalue weighted by molar-refractivity contribution is 0.0522. The summed E-state index contributed by atoms with van der Waals surface area (Å²) in [6, 6.07) is 5.76. The molecular weight excluding hydrogens is 330 g/mol. The second-order valence-electron chi connectivity index (χ2n) is 6.44. The van der Waals surface area contributed by atoms with Gasteiger partial charge in [0.25, 0.3) is 0 Å². The van der Waals surface area contributed by atoms with Gasteiger partial charge in [-0.15, -0.1) is 0 Å². The summed E-state index contributed by atoms with van der Waals surface area (Å²) in [7, 11) is -3.11. The zero-order chi connectivity index (χ0) is 16.6. The molecule has 0 aliphatic carbocycles. The van der Waals surface area contributed by atoms with Crippen LogP contribution in [-0.2, 0) is 16.4 Å². The molecule has 8 heteroatoms. The molecule has 4 rings (SSSR count). The van der Waals surface area contributed by atoms with Crippen LogP contribution in [0.4, 0.5) is 0 Å². The van der Waals surface area contributed by atoms with Crippen LogP contribution in [0.5, 0.6) is 6.01 Å². The number of ether oxygens (including phenoxy) is 1. The van der Waals surface area contributed by atoms with Gasteiger partial charge in [0.1, 0.15) is 10.5 Å². The van der Waals surface area contributed by atoms with Crippen LogP contribution in [0, 0.1) is 5.92 Å². The van der Waals surface area contributed by atoms with Crippen LogP contribution in [0.15, 0.2) is 41.3 Å². The van der Waals surface area contributed by atoms with Gasteiger partial charge in [-0.25, -0.2) is 18.4 Å². The quantitative estimate of drug-likeness (QED) is 0.800. The largest absolute Gasteiger partial charge is 0.468 e. The van der Waals surface area contributed by atoms with E-state index >= 15 is 0 Å². The minimum absolute atomic E-state index is 0.0286. The summed E-state index contributed by atoms with van der Waals surface area (Å²) in [6.45, 7) is 2.02. The van der Waals surface area contributed by atoms with Crippen molar-refractivity contribution in [3.05, 3.63) is 42.6 Å². The number of nitrogens with zero attached hydrogens (tertiary/aromatic N) is 3. The van der Waals surface area contributed by atoms with E-state index < -0.39 is 14.6 Å². The summed E-state index contributed by atoms with van der Waals surface area (Å²) in [5.41, 5.74) is 0. The number of hydrogen-bond acceptors (Lipinski definition) is 7. The molecule has 2 saturated heterocycles. The standard InChI is InChI=1S/C16H19N3O4S/c20-24(21)8-4-13(10-23-15-17-5-2-6-18-15)16(24)11-19(12-16)9-14-3-1-7-22-14/h1-3,5-7,13H,4,8-12H2/t13-/m0/s1. The Morgan fingerprint density at radius 1 is 1.29 bits per heavy atom. The zero-order valence-corrected chi connectivity index (χ0v) is 14.0. The van der Waals surface area contributed by atoms with E-state index in [1.807, 2.05) is 12.1 Å². The number of hydrogen-bond donors (Lipinski definition) is 0. The second kappa shape index (κ2) is 5.86. The van der Waals surface area contributed by atoms with Crippen molar-refractivity contribution in [1.82, 2.24) is 14.9 Å². The van der Waals surface area contributed by atoms with Crippen LogP contribution >= 0.6 is 0 Å². The Hall–Kier alpha value is -1.93. The van der Waals surface area contributed by atoms with Gasteiger partial charge in [-0.3, -0.25) is 4.90 Å². The molecule has 2 aliphatic heterocycles. The lowest BCUT2D eigenvalue weighted by Gasteiger charge is -2.49.